The molecule has 1 heterocycles. The Morgan fingerprint density at radius 2 is 2.55 bits per heavy atom. The molecule has 1 aromatic rings. The number of rotatable bonds is 3. The predicted octanol–water partition coefficient (Wildman–Crippen LogP) is 0.510. The van der Waals surface area contributed by atoms with Crippen molar-refractivity contribution in [3.63, 3.8) is 0 Å². The molecule has 0 aromatic carbocycles. The molecule has 0 fully saturated rings. The maximum absolute atomic E-state index is 9.96. The molecule has 4 heteroatoms. The first kappa shape index (κ1) is 7.65. The summed E-state index contributed by atoms with van der Waals surface area (Å²) in [4.78, 5) is 13.9. The smallest absolute Gasteiger partial charge is 0.150 e. The number of allylic oxidation sites excluding steroid dienone is 1. The summed E-state index contributed by atoms with van der Waals surface area (Å²) in [5.41, 5.74) is 0. The van der Waals surface area contributed by atoms with Crippen LogP contribution in [0.25, 0.3) is 6.08 Å². The van der Waals surface area contributed by atoms with Crippen molar-refractivity contribution >= 4 is 12.4 Å². The van der Waals surface area contributed by atoms with E-state index in [-0.39, 0.29) is 0 Å². The Bertz CT molecular complexity index is 264. The molecule has 0 aliphatic rings. The van der Waals surface area contributed by atoms with Gasteiger partial charge in [0.2, 0.25) is 0 Å². The average Bonchev–Trinajstić information content (AvgIpc) is 2.47. The summed E-state index contributed by atoms with van der Waals surface area (Å²) in [6, 6.07) is 0. The molecule has 0 bridgehead atoms. The van der Waals surface area contributed by atoms with Gasteiger partial charge in [-0.1, -0.05) is 0 Å². The summed E-state index contributed by atoms with van der Waals surface area (Å²) in [6.07, 6.45) is 5.21. The van der Waals surface area contributed by atoms with Crippen LogP contribution in [0.2, 0.25) is 0 Å². The zero-order valence-electron chi connectivity index (χ0n) is 6.27. The lowest BCUT2D eigenvalue weighted by atomic mass is 10.5. The van der Waals surface area contributed by atoms with Crippen LogP contribution >= 0.6 is 0 Å². The molecule has 0 N–H and O–H groups in total. The molecular weight excluding hydrogens is 142 g/mol. The van der Waals surface area contributed by atoms with E-state index in [0.29, 0.717) is 12.1 Å². The number of nitrogens with zero attached hydrogens (tertiary/aromatic N) is 3. The minimum atomic E-state index is 0.708. The van der Waals surface area contributed by atoms with Gasteiger partial charge in [0.05, 0.1) is 0 Å². The lowest BCUT2D eigenvalue weighted by Gasteiger charge is -1.94. The summed E-state index contributed by atoms with van der Waals surface area (Å²) in [6.45, 7) is 2.73. The fourth-order valence-electron chi connectivity index (χ4n) is 0.771. The van der Waals surface area contributed by atoms with Crippen molar-refractivity contribution in [3.8, 4) is 0 Å². The number of carbonyl (C=O) groups is 1. The van der Waals surface area contributed by atoms with Gasteiger partial charge < -0.3 is 0 Å². The van der Waals surface area contributed by atoms with E-state index in [1.165, 1.54) is 12.4 Å². The fraction of sp³-hybridized carbons (Fsp3) is 0.286. The SMILES string of the molecule is CCn1ncnc1/C=C/C=O. The molecule has 1 aromatic heterocycles. The van der Waals surface area contributed by atoms with Gasteiger partial charge >= 0.3 is 0 Å². The van der Waals surface area contributed by atoms with Crippen molar-refractivity contribution in [2.24, 2.45) is 0 Å². The topological polar surface area (TPSA) is 47.8 Å². The lowest BCUT2D eigenvalue weighted by molar-refractivity contribution is -0.104. The normalized spacial score (nSPS) is 10.6. The first-order valence-corrected chi connectivity index (χ1v) is 3.38. The molecule has 1 rings (SSSR count). The maximum Gasteiger partial charge on any atom is 0.150 e. The first-order valence-electron chi connectivity index (χ1n) is 3.38. The second-order valence-electron chi connectivity index (χ2n) is 1.93. The van der Waals surface area contributed by atoms with Crippen LogP contribution in [0, 0.1) is 0 Å². The second-order valence-corrected chi connectivity index (χ2v) is 1.93. The van der Waals surface area contributed by atoms with Gasteiger partial charge in [0.15, 0.2) is 5.82 Å². The standard InChI is InChI=1S/C7H9N3O/c1-2-10-7(4-3-5-11)8-6-9-10/h3-6H,2H2,1H3/b4-3+. The van der Waals surface area contributed by atoms with Crippen molar-refractivity contribution in [1.82, 2.24) is 14.8 Å². The molecule has 0 saturated carbocycles. The van der Waals surface area contributed by atoms with Gasteiger partial charge in [-0.05, 0) is 19.1 Å². The second kappa shape index (κ2) is 3.65. The molecule has 0 atom stereocenters. The molecule has 0 saturated heterocycles. The van der Waals surface area contributed by atoms with E-state index in [1.54, 1.807) is 10.8 Å². The Hall–Kier alpha value is -1.45. The van der Waals surface area contributed by atoms with Crippen molar-refractivity contribution in [3.05, 3.63) is 18.2 Å². The molecule has 0 unspecified atom stereocenters. The number of aryl methyl sites for hydroxylation is 1. The molecular formula is C7H9N3O. The summed E-state index contributed by atoms with van der Waals surface area (Å²) in [5, 5.41) is 3.93. The molecule has 0 aliphatic heterocycles. The highest BCUT2D eigenvalue weighted by Gasteiger charge is 1.94. The Kier molecular flexibility index (Phi) is 2.54. The van der Waals surface area contributed by atoms with E-state index in [9.17, 15) is 4.79 Å². The minimum absolute atomic E-state index is 0.708. The Labute approximate surface area is 64.6 Å². The van der Waals surface area contributed by atoms with E-state index in [0.717, 1.165) is 6.54 Å². The monoisotopic (exact) mass is 151 g/mol. The first-order chi connectivity index (χ1) is 5.38. The third-order valence-electron chi connectivity index (χ3n) is 1.27. The van der Waals surface area contributed by atoms with E-state index in [2.05, 4.69) is 10.1 Å². The van der Waals surface area contributed by atoms with Gasteiger partial charge in [0.25, 0.3) is 0 Å². The van der Waals surface area contributed by atoms with Crippen LogP contribution in [0.1, 0.15) is 12.7 Å². The minimum Gasteiger partial charge on any atom is -0.299 e. The van der Waals surface area contributed by atoms with E-state index >= 15 is 0 Å². The molecule has 0 amide bonds. The largest absolute Gasteiger partial charge is 0.299 e. The van der Waals surface area contributed by atoms with Gasteiger partial charge in [-0.15, -0.1) is 0 Å². The van der Waals surface area contributed by atoms with Crippen molar-refractivity contribution in [2.45, 2.75) is 13.5 Å². The van der Waals surface area contributed by atoms with Gasteiger partial charge in [0.1, 0.15) is 12.6 Å². The van der Waals surface area contributed by atoms with Crippen molar-refractivity contribution in [2.75, 3.05) is 0 Å². The van der Waals surface area contributed by atoms with E-state index in [4.69, 9.17) is 0 Å². The van der Waals surface area contributed by atoms with Crippen molar-refractivity contribution < 1.29 is 4.79 Å². The number of hydrogen-bond donors (Lipinski definition) is 0. The predicted molar refractivity (Wildman–Crippen MR) is 40.8 cm³/mol. The number of carbonyl (C=O) groups excluding carboxylic acids is 1. The number of aromatic nitrogens is 3. The average molecular weight is 151 g/mol. The highest BCUT2D eigenvalue weighted by atomic mass is 16.1. The van der Waals surface area contributed by atoms with E-state index < -0.39 is 0 Å². The molecule has 0 spiro atoms. The van der Waals surface area contributed by atoms with Gasteiger partial charge in [0, 0.05) is 6.54 Å². The summed E-state index contributed by atoms with van der Waals surface area (Å²) < 4.78 is 1.71. The summed E-state index contributed by atoms with van der Waals surface area (Å²) >= 11 is 0. The van der Waals surface area contributed by atoms with Gasteiger partial charge in [-0.3, -0.25) is 4.79 Å². The third kappa shape index (κ3) is 1.73. The number of hydrogen-bond acceptors (Lipinski definition) is 3. The molecule has 0 aliphatic carbocycles. The fourth-order valence-corrected chi connectivity index (χ4v) is 0.771. The van der Waals surface area contributed by atoms with Crippen LogP contribution in [0.15, 0.2) is 12.4 Å². The Morgan fingerprint density at radius 3 is 3.18 bits per heavy atom. The maximum atomic E-state index is 9.96. The number of aldehydes is 1. The zero-order valence-corrected chi connectivity index (χ0v) is 6.27. The quantitative estimate of drug-likeness (QED) is 0.467. The lowest BCUT2D eigenvalue weighted by Crippen LogP contribution is -1.98. The van der Waals surface area contributed by atoms with Crippen LogP contribution in [-0.4, -0.2) is 21.1 Å². The molecule has 11 heavy (non-hydrogen) atoms. The Morgan fingerprint density at radius 1 is 1.73 bits per heavy atom. The van der Waals surface area contributed by atoms with Crippen LogP contribution in [0.5, 0.6) is 0 Å². The highest BCUT2D eigenvalue weighted by Crippen LogP contribution is 1.95. The summed E-state index contributed by atoms with van der Waals surface area (Å²) in [7, 11) is 0. The van der Waals surface area contributed by atoms with Crippen LogP contribution in [0.3, 0.4) is 0 Å². The van der Waals surface area contributed by atoms with E-state index in [1.807, 2.05) is 6.92 Å². The Balaban J connectivity index is 2.84. The van der Waals surface area contributed by atoms with Gasteiger partial charge in [-0.2, -0.15) is 5.10 Å². The zero-order chi connectivity index (χ0) is 8.10. The van der Waals surface area contributed by atoms with Crippen LogP contribution in [0.4, 0.5) is 0 Å². The third-order valence-corrected chi connectivity index (χ3v) is 1.27. The summed E-state index contributed by atoms with van der Waals surface area (Å²) in [5.74, 6) is 0.708. The van der Waals surface area contributed by atoms with Crippen LogP contribution < -0.4 is 0 Å². The molecule has 0 radical (unpaired) electrons. The highest BCUT2D eigenvalue weighted by molar-refractivity contribution is 5.72. The van der Waals surface area contributed by atoms with Crippen LogP contribution in [-0.2, 0) is 11.3 Å². The van der Waals surface area contributed by atoms with Gasteiger partial charge in [-0.25, -0.2) is 9.67 Å². The van der Waals surface area contributed by atoms with Crippen molar-refractivity contribution in [1.29, 1.82) is 0 Å². The molecule has 4 nitrogen and oxygen atoms in total. The molecule has 58 valence electrons.